The summed E-state index contributed by atoms with van der Waals surface area (Å²) in [6.45, 7) is 7.23. The molecule has 3 nitrogen and oxygen atoms in total. The highest BCUT2D eigenvalue weighted by Crippen LogP contribution is 2.28. The number of halogens is 2. The predicted octanol–water partition coefficient (Wildman–Crippen LogP) is 3.79. The summed E-state index contributed by atoms with van der Waals surface area (Å²) < 4.78 is 11.4. The molecule has 1 fully saturated rings. The third-order valence-electron chi connectivity index (χ3n) is 3.37. The molecule has 1 aromatic rings. The second-order valence-electron chi connectivity index (χ2n) is 4.95. The minimum atomic E-state index is 0.0599. The Kier molecular flexibility index (Phi) is 6.59. The van der Waals surface area contributed by atoms with Crippen LogP contribution in [0.4, 0.5) is 0 Å². The molecule has 0 radical (unpaired) electrons. The van der Waals surface area contributed by atoms with Crippen molar-refractivity contribution in [2.75, 3.05) is 39.5 Å². The number of morpholine rings is 1. The van der Waals surface area contributed by atoms with Crippen molar-refractivity contribution >= 4 is 23.2 Å². The standard InChI is InChI=1S/C15H21Cl2NO2/c1-2-7-19-8-5-18-6-9-20-15(11-18)12-3-4-13(16)14(17)10-12/h3-4,10,15H,2,5-9,11H2,1H3/t15-/m0/s1. The fourth-order valence-corrected chi connectivity index (χ4v) is 2.57. The van der Waals surface area contributed by atoms with E-state index in [4.69, 9.17) is 32.7 Å². The van der Waals surface area contributed by atoms with Gasteiger partial charge in [-0.15, -0.1) is 0 Å². The number of benzene rings is 1. The lowest BCUT2D eigenvalue weighted by Crippen LogP contribution is -2.40. The molecule has 112 valence electrons. The predicted molar refractivity (Wildman–Crippen MR) is 82.7 cm³/mol. The third-order valence-corrected chi connectivity index (χ3v) is 4.11. The molecular weight excluding hydrogens is 297 g/mol. The Morgan fingerprint density at radius 1 is 1.30 bits per heavy atom. The van der Waals surface area contributed by atoms with Gasteiger partial charge in [-0.05, 0) is 24.1 Å². The maximum absolute atomic E-state index is 6.07. The van der Waals surface area contributed by atoms with E-state index < -0.39 is 0 Å². The van der Waals surface area contributed by atoms with E-state index in [9.17, 15) is 0 Å². The van der Waals surface area contributed by atoms with Crippen LogP contribution in [0.25, 0.3) is 0 Å². The second kappa shape index (κ2) is 8.20. The molecule has 0 unspecified atom stereocenters. The quantitative estimate of drug-likeness (QED) is 0.745. The van der Waals surface area contributed by atoms with E-state index in [2.05, 4.69) is 11.8 Å². The van der Waals surface area contributed by atoms with Gasteiger partial charge >= 0.3 is 0 Å². The number of hydrogen-bond acceptors (Lipinski definition) is 3. The molecular formula is C15H21Cl2NO2. The zero-order valence-electron chi connectivity index (χ0n) is 11.8. The summed E-state index contributed by atoms with van der Waals surface area (Å²) in [4.78, 5) is 2.37. The van der Waals surface area contributed by atoms with Gasteiger partial charge in [0.15, 0.2) is 0 Å². The van der Waals surface area contributed by atoms with Crippen molar-refractivity contribution in [2.24, 2.45) is 0 Å². The van der Waals surface area contributed by atoms with Crippen molar-refractivity contribution in [2.45, 2.75) is 19.4 Å². The van der Waals surface area contributed by atoms with Crippen molar-refractivity contribution in [1.82, 2.24) is 4.90 Å². The molecule has 0 saturated carbocycles. The molecule has 1 aliphatic rings. The van der Waals surface area contributed by atoms with Crippen molar-refractivity contribution in [3.63, 3.8) is 0 Å². The van der Waals surface area contributed by atoms with Crippen LogP contribution in [-0.2, 0) is 9.47 Å². The van der Waals surface area contributed by atoms with Crippen LogP contribution >= 0.6 is 23.2 Å². The van der Waals surface area contributed by atoms with Gasteiger partial charge < -0.3 is 9.47 Å². The average molecular weight is 318 g/mol. The molecule has 20 heavy (non-hydrogen) atoms. The van der Waals surface area contributed by atoms with Gasteiger partial charge in [-0.2, -0.15) is 0 Å². The summed E-state index contributed by atoms with van der Waals surface area (Å²) in [5.41, 5.74) is 1.08. The second-order valence-corrected chi connectivity index (χ2v) is 5.76. The van der Waals surface area contributed by atoms with Crippen LogP contribution in [0, 0.1) is 0 Å². The van der Waals surface area contributed by atoms with Gasteiger partial charge in [-0.3, -0.25) is 4.90 Å². The van der Waals surface area contributed by atoms with Crippen LogP contribution in [0.15, 0.2) is 18.2 Å². The first-order valence-corrected chi connectivity index (χ1v) is 7.83. The Hall–Kier alpha value is -0.320. The van der Waals surface area contributed by atoms with Crippen molar-refractivity contribution in [3.8, 4) is 0 Å². The zero-order valence-corrected chi connectivity index (χ0v) is 13.3. The zero-order chi connectivity index (χ0) is 14.4. The number of hydrogen-bond donors (Lipinski definition) is 0. The highest BCUT2D eigenvalue weighted by molar-refractivity contribution is 6.42. The number of rotatable bonds is 6. The maximum atomic E-state index is 6.07. The van der Waals surface area contributed by atoms with Crippen LogP contribution < -0.4 is 0 Å². The van der Waals surface area contributed by atoms with Gasteiger partial charge in [-0.1, -0.05) is 36.2 Å². The summed E-state index contributed by atoms with van der Waals surface area (Å²) in [5, 5.41) is 1.16. The molecule has 0 N–H and O–H groups in total. The Morgan fingerprint density at radius 2 is 2.15 bits per heavy atom. The van der Waals surface area contributed by atoms with E-state index >= 15 is 0 Å². The minimum Gasteiger partial charge on any atom is -0.380 e. The molecule has 0 spiro atoms. The summed E-state index contributed by atoms with van der Waals surface area (Å²) in [6.07, 6.45) is 1.12. The van der Waals surface area contributed by atoms with E-state index in [1.807, 2.05) is 18.2 Å². The Morgan fingerprint density at radius 3 is 2.90 bits per heavy atom. The van der Waals surface area contributed by atoms with Gasteiger partial charge in [0.2, 0.25) is 0 Å². The SMILES string of the molecule is CCCOCCN1CCO[C@H](c2ccc(Cl)c(Cl)c2)C1. The molecule has 1 aliphatic heterocycles. The topological polar surface area (TPSA) is 21.7 Å². The largest absolute Gasteiger partial charge is 0.380 e. The minimum absolute atomic E-state index is 0.0599. The lowest BCUT2D eigenvalue weighted by Gasteiger charge is -2.33. The maximum Gasteiger partial charge on any atom is 0.0952 e. The van der Waals surface area contributed by atoms with E-state index in [0.717, 1.165) is 51.4 Å². The number of nitrogens with zero attached hydrogens (tertiary/aromatic N) is 1. The Balaban J connectivity index is 1.87. The first kappa shape index (κ1) is 16.1. The Bertz CT molecular complexity index is 428. The van der Waals surface area contributed by atoms with Crippen LogP contribution in [-0.4, -0.2) is 44.4 Å². The number of ether oxygens (including phenoxy) is 2. The summed E-state index contributed by atoms with van der Waals surface area (Å²) in [7, 11) is 0. The lowest BCUT2D eigenvalue weighted by molar-refractivity contribution is -0.0377. The molecule has 0 bridgehead atoms. The van der Waals surface area contributed by atoms with Crippen LogP contribution in [0.2, 0.25) is 10.0 Å². The van der Waals surface area contributed by atoms with E-state index in [1.54, 1.807) is 0 Å². The van der Waals surface area contributed by atoms with Gasteiger partial charge in [0.25, 0.3) is 0 Å². The van der Waals surface area contributed by atoms with E-state index in [1.165, 1.54) is 0 Å². The third kappa shape index (κ3) is 4.61. The summed E-state index contributed by atoms with van der Waals surface area (Å²) in [5.74, 6) is 0. The highest BCUT2D eigenvalue weighted by Gasteiger charge is 2.22. The van der Waals surface area contributed by atoms with Crippen molar-refractivity contribution < 1.29 is 9.47 Å². The van der Waals surface area contributed by atoms with Gasteiger partial charge in [0.1, 0.15) is 0 Å². The van der Waals surface area contributed by atoms with Crippen LogP contribution in [0.1, 0.15) is 25.0 Å². The molecule has 1 saturated heterocycles. The van der Waals surface area contributed by atoms with Crippen LogP contribution in [0.5, 0.6) is 0 Å². The van der Waals surface area contributed by atoms with Gasteiger partial charge in [0.05, 0.1) is 29.4 Å². The fraction of sp³-hybridized carbons (Fsp3) is 0.600. The molecule has 0 amide bonds. The molecule has 0 aliphatic carbocycles. The van der Waals surface area contributed by atoms with Crippen molar-refractivity contribution in [1.29, 1.82) is 0 Å². The summed E-state index contributed by atoms with van der Waals surface area (Å²) >= 11 is 12.0. The first-order valence-electron chi connectivity index (χ1n) is 7.07. The highest BCUT2D eigenvalue weighted by atomic mass is 35.5. The molecule has 1 heterocycles. The summed E-state index contributed by atoms with van der Waals surface area (Å²) in [6, 6.07) is 5.70. The lowest BCUT2D eigenvalue weighted by atomic mass is 10.1. The smallest absolute Gasteiger partial charge is 0.0952 e. The molecule has 1 atom stereocenters. The van der Waals surface area contributed by atoms with Gasteiger partial charge in [0, 0.05) is 26.2 Å². The van der Waals surface area contributed by atoms with Crippen LogP contribution in [0.3, 0.4) is 0 Å². The van der Waals surface area contributed by atoms with Gasteiger partial charge in [-0.25, -0.2) is 0 Å². The van der Waals surface area contributed by atoms with E-state index in [0.29, 0.717) is 10.0 Å². The fourth-order valence-electron chi connectivity index (χ4n) is 2.26. The molecule has 1 aromatic carbocycles. The first-order chi connectivity index (χ1) is 9.70. The molecule has 0 aromatic heterocycles. The normalized spacial score (nSPS) is 20.2. The Labute approximate surface area is 130 Å². The van der Waals surface area contributed by atoms with Crippen molar-refractivity contribution in [3.05, 3.63) is 33.8 Å². The monoisotopic (exact) mass is 317 g/mol. The van der Waals surface area contributed by atoms with E-state index in [-0.39, 0.29) is 6.10 Å². The molecule has 5 heteroatoms. The molecule has 2 rings (SSSR count). The average Bonchev–Trinajstić information content (AvgIpc) is 2.47.